The molecule has 5 rings (SSSR count). The van der Waals surface area contributed by atoms with Crippen molar-refractivity contribution in [2.24, 2.45) is 0 Å². The van der Waals surface area contributed by atoms with Crippen LogP contribution in [0.5, 0.6) is 11.5 Å². The fourth-order valence-electron chi connectivity index (χ4n) is 5.95. The highest BCUT2D eigenvalue weighted by Crippen LogP contribution is 2.30. The zero-order valence-electron chi connectivity index (χ0n) is 26.1. The van der Waals surface area contributed by atoms with Crippen molar-refractivity contribution in [2.75, 3.05) is 33.4 Å². The Morgan fingerprint density at radius 1 is 1.05 bits per heavy atom. The van der Waals surface area contributed by atoms with Crippen LogP contribution < -0.4 is 20.1 Å². The number of hydrogen-bond acceptors (Lipinski definition) is 6. The number of methoxy groups -OCH3 is 1. The number of nitrogens with zero attached hydrogens (tertiary/aromatic N) is 1. The minimum atomic E-state index is -0.351. The van der Waals surface area contributed by atoms with Gasteiger partial charge >= 0.3 is 0 Å². The van der Waals surface area contributed by atoms with E-state index in [-0.39, 0.29) is 18.3 Å². The van der Waals surface area contributed by atoms with Gasteiger partial charge in [-0.15, -0.1) is 0 Å². The Kier molecular flexibility index (Phi) is 11.3. The van der Waals surface area contributed by atoms with E-state index in [1.807, 2.05) is 36.4 Å². The Morgan fingerprint density at radius 3 is 2.64 bits per heavy atom. The molecule has 0 spiro atoms. The molecule has 1 aliphatic rings. The highest BCUT2D eigenvalue weighted by Gasteiger charge is 2.27. The van der Waals surface area contributed by atoms with E-state index in [4.69, 9.17) is 18.9 Å². The smallest absolute Gasteiger partial charge is 0.216 e. The molecule has 8 nitrogen and oxygen atoms in total. The topological polar surface area (TPSA) is 83.0 Å². The maximum absolute atomic E-state index is 11.3. The number of rotatable bonds is 15. The lowest BCUT2D eigenvalue weighted by atomic mass is 9.88. The third kappa shape index (κ3) is 8.20. The van der Waals surface area contributed by atoms with E-state index in [0.717, 1.165) is 56.0 Å². The van der Waals surface area contributed by atoms with Crippen molar-refractivity contribution in [3.8, 4) is 11.5 Å². The van der Waals surface area contributed by atoms with Crippen molar-refractivity contribution >= 4 is 16.8 Å². The van der Waals surface area contributed by atoms with Crippen LogP contribution in [0.3, 0.4) is 0 Å². The Bertz CT molecular complexity index is 1480. The number of benzene rings is 3. The van der Waals surface area contributed by atoms with E-state index >= 15 is 0 Å². The van der Waals surface area contributed by atoms with Crippen molar-refractivity contribution in [3.05, 3.63) is 95.7 Å². The van der Waals surface area contributed by atoms with E-state index in [1.165, 1.54) is 22.0 Å². The van der Waals surface area contributed by atoms with Gasteiger partial charge in [-0.25, -0.2) is 0 Å². The van der Waals surface area contributed by atoms with Crippen LogP contribution in [0.15, 0.2) is 79.0 Å². The molecule has 1 aromatic heterocycles. The summed E-state index contributed by atoms with van der Waals surface area (Å²) < 4.78 is 26.5. The SMILES string of the molecule is CCC(OCc1ccccc1OC)Oc1ccc(C2CCNCC2OCCn2cc(CCNC(C)=O)c3ccccc32)cc1. The first-order valence-corrected chi connectivity index (χ1v) is 15.7. The number of para-hydroxylation sites is 2. The molecule has 8 heteroatoms. The molecule has 1 saturated heterocycles. The van der Waals surface area contributed by atoms with Crippen molar-refractivity contribution in [2.45, 2.75) is 64.6 Å². The van der Waals surface area contributed by atoms with Crippen LogP contribution in [0.4, 0.5) is 0 Å². The Balaban J connectivity index is 1.16. The molecule has 1 amide bonds. The van der Waals surface area contributed by atoms with Gasteiger partial charge in [-0.3, -0.25) is 4.79 Å². The molecular weight excluding hydrogens is 554 g/mol. The quantitative estimate of drug-likeness (QED) is 0.168. The monoisotopic (exact) mass is 599 g/mol. The van der Waals surface area contributed by atoms with Gasteiger partial charge in [0.05, 0.1) is 26.4 Å². The molecule has 0 saturated carbocycles. The molecule has 0 bridgehead atoms. The summed E-state index contributed by atoms with van der Waals surface area (Å²) in [5.74, 6) is 1.92. The molecule has 3 atom stereocenters. The first-order chi connectivity index (χ1) is 21.6. The van der Waals surface area contributed by atoms with Crippen LogP contribution in [0.1, 0.15) is 49.3 Å². The number of fused-ring (bicyclic) bond motifs is 1. The number of nitrogens with one attached hydrogen (secondary N) is 2. The lowest BCUT2D eigenvalue weighted by Gasteiger charge is -2.32. The minimum Gasteiger partial charge on any atom is -0.496 e. The van der Waals surface area contributed by atoms with Crippen LogP contribution in [-0.4, -0.2) is 56.2 Å². The lowest BCUT2D eigenvalue weighted by Crippen LogP contribution is -2.41. The molecule has 0 aliphatic carbocycles. The minimum absolute atomic E-state index is 0.000618. The summed E-state index contributed by atoms with van der Waals surface area (Å²) in [6, 6.07) is 24.7. The van der Waals surface area contributed by atoms with Crippen molar-refractivity contribution in [1.82, 2.24) is 15.2 Å². The van der Waals surface area contributed by atoms with Crippen LogP contribution in [0.2, 0.25) is 0 Å². The molecule has 0 radical (unpaired) electrons. The van der Waals surface area contributed by atoms with Gasteiger partial charge in [0.25, 0.3) is 0 Å². The van der Waals surface area contributed by atoms with Gasteiger partial charge in [-0.1, -0.05) is 55.5 Å². The lowest BCUT2D eigenvalue weighted by molar-refractivity contribution is -0.118. The summed E-state index contributed by atoms with van der Waals surface area (Å²) >= 11 is 0. The summed E-state index contributed by atoms with van der Waals surface area (Å²) in [6.45, 7) is 7.85. The predicted molar refractivity (Wildman–Crippen MR) is 173 cm³/mol. The first-order valence-electron chi connectivity index (χ1n) is 15.7. The molecule has 44 heavy (non-hydrogen) atoms. The van der Waals surface area contributed by atoms with E-state index < -0.39 is 0 Å². The van der Waals surface area contributed by atoms with Gasteiger partial charge in [0.1, 0.15) is 11.5 Å². The van der Waals surface area contributed by atoms with E-state index in [2.05, 4.69) is 64.7 Å². The average Bonchev–Trinajstić information content (AvgIpc) is 3.40. The van der Waals surface area contributed by atoms with E-state index in [9.17, 15) is 4.79 Å². The molecule has 3 aromatic carbocycles. The number of carbonyl (C=O) groups excluding carboxylic acids is 1. The standard InChI is InChI=1S/C36H45N3O5/c1-4-36(43-25-29-9-5-8-12-34(29)41-3)44-30-15-13-27(14-16-30)32-18-19-37-23-35(32)42-22-21-39-24-28(17-20-38-26(2)40)31-10-6-7-11-33(31)39/h5-16,24,32,35-37H,4,17-23,25H2,1-3H3,(H,38,40). The first kappa shape index (κ1) is 31.6. The fraction of sp³-hybridized carbons (Fsp3) is 0.417. The molecule has 1 fully saturated rings. The summed E-state index contributed by atoms with van der Waals surface area (Å²) in [4.78, 5) is 11.3. The molecule has 3 unspecified atom stereocenters. The van der Waals surface area contributed by atoms with Crippen molar-refractivity contribution in [3.63, 3.8) is 0 Å². The molecular formula is C36H45N3O5. The van der Waals surface area contributed by atoms with Gasteiger partial charge in [-0.2, -0.15) is 0 Å². The maximum Gasteiger partial charge on any atom is 0.216 e. The van der Waals surface area contributed by atoms with Crippen LogP contribution >= 0.6 is 0 Å². The molecule has 2 heterocycles. The zero-order valence-corrected chi connectivity index (χ0v) is 26.1. The van der Waals surface area contributed by atoms with Gasteiger partial charge in [0.15, 0.2) is 6.29 Å². The van der Waals surface area contributed by atoms with Crippen molar-refractivity contribution < 1.29 is 23.7 Å². The summed E-state index contributed by atoms with van der Waals surface area (Å²) in [7, 11) is 1.67. The number of piperidine rings is 1. The van der Waals surface area contributed by atoms with Crippen LogP contribution in [0.25, 0.3) is 10.9 Å². The van der Waals surface area contributed by atoms with Crippen LogP contribution in [-0.2, 0) is 33.8 Å². The number of hydrogen-bond donors (Lipinski definition) is 2. The van der Waals surface area contributed by atoms with Crippen molar-refractivity contribution in [1.29, 1.82) is 0 Å². The molecule has 2 N–H and O–H groups in total. The highest BCUT2D eigenvalue weighted by molar-refractivity contribution is 5.84. The highest BCUT2D eigenvalue weighted by atomic mass is 16.7. The summed E-state index contributed by atoms with van der Waals surface area (Å²) in [5, 5.41) is 7.65. The second-order valence-corrected chi connectivity index (χ2v) is 11.3. The van der Waals surface area contributed by atoms with E-state index in [0.29, 0.717) is 25.7 Å². The maximum atomic E-state index is 11.3. The third-order valence-electron chi connectivity index (χ3n) is 8.26. The predicted octanol–water partition coefficient (Wildman–Crippen LogP) is 5.82. The normalized spacial score (nSPS) is 17.3. The third-order valence-corrected chi connectivity index (χ3v) is 8.26. The van der Waals surface area contributed by atoms with Crippen LogP contribution in [0, 0.1) is 0 Å². The number of ether oxygens (including phenoxy) is 4. The summed E-state index contributed by atoms with van der Waals surface area (Å²) in [5.41, 5.74) is 4.69. The Labute approximate surface area is 260 Å². The zero-order chi connectivity index (χ0) is 30.7. The summed E-state index contributed by atoms with van der Waals surface area (Å²) in [6.07, 6.45) is 4.49. The molecule has 234 valence electrons. The Hall–Kier alpha value is -3.85. The van der Waals surface area contributed by atoms with Gasteiger partial charge in [-0.05, 0) is 54.8 Å². The largest absolute Gasteiger partial charge is 0.496 e. The second-order valence-electron chi connectivity index (χ2n) is 11.3. The average molecular weight is 600 g/mol. The van der Waals surface area contributed by atoms with Gasteiger partial charge < -0.3 is 34.1 Å². The fourth-order valence-corrected chi connectivity index (χ4v) is 5.95. The molecule has 4 aromatic rings. The Morgan fingerprint density at radius 2 is 1.84 bits per heavy atom. The van der Waals surface area contributed by atoms with Gasteiger partial charge in [0.2, 0.25) is 5.91 Å². The number of carbonyl (C=O) groups is 1. The molecule has 1 aliphatic heterocycles. The number of aromatic nitrogens is 1. The van der Waals surface area contributed by atoms with E-state index in [1.54, 1.807) is 14.0 Å². The van der Waals surface area contributed by atoms with Gasteiger partial charge in [0, 0.05) is 61.6 Å². The second kappa shape index (κ2) is 15.7. The number of amides is 1.